The largest absolute Gasteiger partial charge is 0.355 e. The van der Waals surface area contributed by atoms with Crippen molar-refractivity contribution in [3.8, 4) is 0 Å². The topological polar surface area (TPSA) is 32.3 Å². The van der Waals surface area contributed by atoms with Crippen LogP contribution in [0.3, 0.4) is 0 Å². The van der Waals surface area contributed by atoms with Gasteiger partial charge < -0.3 is 9.99 Å². The van der Waals surface area contributed by atoms with Gasteiger partial charge in [0, 0.05) is 23.5 Å². The molecule has 3 nitrogen and oxygen atoms in total. The van der Waals surface area contributed by atoms with Gasteiger partial charge in [0.15, 0.2) is 0 Å². The maximum absolute atomic E-state index is 11.1. The first-order valence-electron chi connectivity index (χ1n) is 7.10. The lowest BCUT2D eigenvalue weighted by molar-refractivity contribution is -0.107. The summed E-state index contributed by atoms with van der Waals surface area (Å²) < 4.78 is 0. The molecule has 0 aliphatic carbocycles. The van der Waals surface area contributed by atoms with Crippen molar-refractivity contribution in [2.75, 3.05) is 17.0 Å². The molecular weight excluding hydrogens is 299 g/mol. The molecule has 1 amide bonds. The van der Waals surface area contributed by atoms with E-state index in [0.717, 1.165) is 17.8 Å². The van der Waals surface area contributed by atoms with Gasteiger partial charge in [-0.25, -0.2) is 0 Å². The molecule has 118 valence electrons. The van der Waals surface area contributed by atoms with Crippen LogP contribution in [0.4, 0.5) is 11.4 Å². The first-order valence-corrected chi connectivity index (χ1v) is 9.90. The standard InChI is InChI=1S/C16H27N2OPS/c1-15(2,3)20(21,16(4,5)6)17-13-10-8-9-11-14(13)18(7)12-19/h8-12H,1-7H3,(H,17,21). The van der Waals surface area contributed by atoms with Crippen LogP contribution < -0.4 is 9.99 Å². The molecular formula is C16H27N2OPS. The number of hydrogen-bond acceptors (Lipinski definition) is 2. The molecule has 1 rings (SSSR count). The van der Waals surface area contributed by atoms with Crippen molar-refractivity contribution < 1.29 is 4.79 Å². The molecule has 0 aliphatic rings. The molecule has 0 aromatic heterocycles. The van der Waals surface area contributed by atoms with Gasteiger partial charge in [-0.15, -0.1) is 0 Å². The highest BCUT2D eigenvalue weighted by molar-refractivity contribution is 8.16. The Morgan fingerprint density at radius 1 is 1.10 bits per heavy atom. The van der Waals surface area contributed by atoms with Crippen molar-refractivity contribution >= 4 is 35.8 Å². The van der Waals surface area contributed by atoms with E-state index in [1.165, 1.54) is 0 Å². The van der Waals surface area contributed by atoms with Crippen molar-refractivity contribution in [3.63, 3.8) is 0 Å². The molecule has 1 aromatic carbocycles. The summed E-state index contributed by atoms with van der Waals surface area (Å²) in [6.07, 6.45) is -1.13. The predicted octanol–water partition coefficient (Wildman–Crippen LogP) is 4.68. The molecule has 0 fully saturated rings. The van der Waals surface area contributed by atoms with Crippen molar-refractivity contribution in [3.05, 3.63) is 24.3 Å². The Balaban J connectivity index is 3.37. The highest BCUT2D eigenvalue weighted by atomic mass is 32.4. The maximum Gasteiger partial charge on any atom is 0.213 e. The van der Waals surface area contributed by atoms with E-state index in [-0.39, 0.29) is 10.3 Å². The van der Waals surface area contributed by atoms with E-state index in [2.05, 4.69) is 46.6 Å². The fraction of sp³-hybridized carbons (Fsp3) is 0.562. The second-order valence-electron chi connectivity index (χ2n) is 7.30. The van der Waals surface area contributed by atoms with E-state index in [1.807, 2.05) is 24.3 Å². The normalized spacial score (nSPS) is 12.9. The second-order valence-corrected chi connectivity index (χ2v) is 13.1. The SMILES string of the molecule is CN(C=O)c1ccccc1NP(=S)(C(C)(C)C)C(C)(C)C. The van der Waals surface area contributed by atoms with E-state index >= 15 is 0 Å². The van der Waals surface area contributed by atoms with Crippen molar-refractivity contribution in [2.24, 2.45) is 0 Å². The van der Waals surface area contributed by atoms with Crippen LogP contribution in [0.1, 0.15) is 41.5 Å². The molecule has 0 saturated heterocycles. The minimum atomic E-state index is -1.95. The molecule has 0 bridgehead atoms. The lowest BCUT2D eigenvalue weighted by Crippen LogP contribution is -2.33. The number of carbonyl (C=O) groups is 1. The Kier molecular flexibility index (Phi) is 5.28. The number of benzene rings is 1. The number of para-hydroxylation sites is 2. The Hall–Kier alpha value is -0.860. The van der Waals surface area contributed by atoms with Gasteiger partial charge in [0.1, 0.15) is 0 Å². The molecule has 0 spiro atoms. The lowest BCUT2D eigenvalue weighted by atomic mass is 10.2. The number of amides is 1. The van der Waals surface area contributed by atoms with Gasteiger partial charge in [-0.2, -0.15) is 0 Å². The maximum atomic E-state index is 11.1. The Morgan fingerprint density at radius 3 is 2.00 bits per heavy atom. The van der Waals surface area contributed by atoms with Crippen LogP contribution in [0.25, 0.3) is 0 Å². The minimum Gasteiger partial charge on any atom is -0.355 e. The highest BCUT2D eigenvalue weighted by Crippen LogP contribution is 2.66. The molecule has 1 aromatic rings. The lowest BCUT2D eigenvalue weighted by Gasteiger charge is -2.46. The highest BCUT2D eigenvalue weighted by Gasteiger charge is 2.42. The number of carbonyl (C=O) groups excluding carboxylic acids is 1. The van der Waals surface area contributed by atoms with Crippen LogP contribution in [-0.2, 0) is 16.6 Å². The summed E-state index contributed by atoms with van der Waals surface area (Å²) in [6.45, 7) is 13.2. The smallest absolute Gasteiger partial charge is 0.213 e. The van der Waals surface area contributed by atoms with Crippen LogP contribution in [0.5, 0.6) is 0 Å². The summed E-state index contributed by atoms with van der Waals surface area (Å²) in [5.41, 5.74) is 1.79. The second kappa shape index (κ2) is 6.10. The van der Waals surface area contributed by atoms with Gasteiger partial charge in [-0.05, 0) is 12.1 Å². The van der Waals surface area contributed by atoms with Crippen LogP contribution >= 0.6 is 6.19 Å². The average Bonchev–Trinajstić information content (AvgIpc) is 2.35. The molecule has 1 N–H and O–H groups in total. The Bertz CT molecular complexity index is 540. The third-order valence-electron chi connectivity index (χ3n) is 3.61. The molecule has 0 atom stereocenters. The zero-order chi connectivity index (χ0) is 16.5. The van der Waals surface area contributed by atoms with Crippen LogP contribution in [0.2, 0.25) is 0 Å². The zero-order valence-electron chi connectivity index (χ0n) is 14.1. The number of nitrogens with zero attached hydrogens (tertiary/aromatic N) is 1. The molecule has 21 heavy (non-hydrogen) atoms. The summed E-state index contributed by atoms with van der Waals surface area (Å²) in [6, 6.07) is 7.82. The Morgan fingerprint density at radius 2 is 1.57 bits per heavy atom. The zero-order valence-corrected chi connectivity index (χ0v) is 15.8. The van der Waals surface area contributed by atoms with Gasteiger partial charge in [0.25, 0.3) is 0 Å². The van der Waals surface area contributed by atoms with Crippen molar-refractivity contribution in [1.82, 2.24) is 0 Å². The Labute approximate surface area is 134 Å². The van der Waals surface area contributed by atoms with Crippen molar-refractivity contribution in [1.29, 1.82) is 0 Å². The summed E-state index contributed by atoms with van der Waals surface area (Å²) in [5, 5.41) is 3.60. The third kappa shape index (κ3) is 3.67. The summed E-state index contributed by atoms with van der Waals surface area (Å²) in [4.78, 5) is 12.7. The predicted molar refractivity (Wildman–Crippen MR) is 98.3 cm³/mol. The van der Waals surface area contributed by atoms with E-state index in [9.17, 15) is 4.79 Å². The minimum absolute atomic E-state index is 0.0204. The summed E-state index contributed by atoms with van der Waals surface area (Å²) in [5.74, 6) is 0. The fourth-order valence-corrected chi connectivity index (χ4v) is 5.95. The van der Waals surface area contributed by atoms with E-state index < -0.39 is 6.19 Å². The molecule has 0 unspecified atom stereocenters. The van der Waals surface area contributed by atoms with Crippen LogP contribution in [-0.4, -0.2) is 23.8 Å². The third-order valence-corrected chi connectivity index (χ3v) is 11.5. The molecule has 0 saturated carbocycles. The van der Waals surface area contributed by atoms with Gasteiger partial charge >= 0.3 is 0 Å². The van der Waals surface area contributed by atoms with Gasteiger partial charge in [-0.1, -0.05) is 65.5 Å². The van der Waals surface area contributed by atoms with E-state index in [4.69, 9.17) is 11.8 Å². The van der Waals surface area contributed by atoms with Crippen molar-refractivity contribution in [2.45, 2.75) is 51.9 Å². The van der Waals surface area contributed by atoms with Gasteiger partial charge in [0.05, 0.1) is 11.4 Å². The summed E-state index contributed by atoms with van der Waals surface area (Å²) >= 11 is 6.13. The van der Waals surface area contributed by atoms with Gasteiger partial charge in [0.2, 0.25) is 6.41 Å². The number of hydrogen-bond donors (Lipinski definition) is 1. The summed E-state index contributed by atoms with van der Waals surface area (Å²) in [7, 11) is 1.76. The van der Waals surface area contributed by atoms with Crippen LogP contribution in [0.15, 0.2) is 24.3 Å². The average molecular weight is 326 g/mol. The number of anilines is 2. The van der Waals surface area contributed by atoms with E-state index in [0.29, 0.717) is 0 Å². The number of rotatable bonds is 4. The molecule has 0 radical (unpaired) electrons. The molecule has 5 heteroatoms. The van der Waals surface area contributed by atoms with E-state index in [1.54, 1.807) is 11.9 Å². The van der Waals surface area contributed by atoms with Gasteiger partial charge in [-0.3, -0.25) is 4.79 Å². The molecule has 0 heterocycles. The molecule has 0 aliphatic heterocycles. The fourth-order valence-electron chi connectivity index (χ4n) is 2.44. The van der Waals surface area contributed by atoms with Crippen LogP contribution in [0, 0.1) is 0 Å². The quantitative estimate of drug-likeness (QED) is 0.644. The first-order chi connectivity index (χ1) is 9.44. The monoisotopic (exact) mass is 326 g/mol. The number of nitrogens with one attached hydrogen (secondary N) is 1. The first kappa shape index (κ1) is 18.2.